The second-order valence-corrected chi connectivity index (χ2v) is 6.17. The molecule has 1 unspecified atom stereocenters. The van der Waals surface area contributed by atoms with Crippen LogP contribution in [-0.2, 0) is 10.3 Å². The summed E-state index contributed by atoms with van der Waals surface area (Å²) < 4.78 is 0. The van der Waals surface area contributed by atoms with Crippen molar-refractivity contribution in [2.45, 2.75) is 25.8 Å². The van der Waals surface area contributed by atoms with Gasteiger partial charge in [-0.2, -0.15) is 0 Å². The maximum Gasteiger partial charge on any atom is 0.335 e. The topological polar surface area (TPSA) is 79.3 Å². The number of nitrogens with one attached hydrogen (secondary N) is 1. The van der Waals surface area contributed by atoms with Crippen LogP contribution in [0.15, 0.2) is 41.9 Å². The minimum Gasteiger partial charge on any atom is -0.478 e. The van der Waals surface area contributed by atoms with Gasteiger partial charge in [0, 0.05) is 17.7 Å². The van der Waals surface area contributed by atoms with Crippen LogP contribution in [0.4, 0.5) is 0 Å². The van der Waals surface area contributed by atoms with E-state index in [1.807, 2.05) is 19.2 Å². The summed E-state index contributed by atoms with van der Waals surface area (Å²) in [4.78, 5) is 27.2. The largest absolute Gasteiger partial charge is 0.478 e. The first kappa shape index (κ1) is 16.9. The van der Waals surface area contributed by atoms with Gasteiger partial charge in [0.05, 0.1) is 11.1 Å². The summed E-state index contributed by atoms with van der Waals surface area (Å²) in [6, 6.07) is 6.33. The highest BCUT2D eigenvalue weighted by Gasteiger charge is 2.28. The Balaban J connectivity index is 2.05. The van der Waals surface area contributed by atoms with Crippen LogP contribution in [0, 0.1) is 0 Å². The Kier molecular flexibility index (Phi) is 5.28. The molecule has 1 aromatic heterocycles. The quantitative estimate of drug-likeness (QED) is 0.797. The van der Waals surface area contributed by atoms with Crippen molar-refractivity contribution in [3.05, 3.63) is 58.1 Å². The summed E-state index contributed by atoms with van der Waals surface area (Å²) in [5.74, 6) is -1.19. The van der Waals surface area contributed by atoms with Gasteiger partial charge in [-0.15, -0.1) is 11.3 Å². The molecular formula is C17H18N2O3S. The fraction of sp³-hybridized carbons (Fsp3) is 0.235. The van der Waals surface area contributed by atoms with E-state index in [1.165, 1.54) is 29.5 Å². The Labute approximate surface area is 138 Å². The second kappa shape index (κ2) is 7.19. The van der Waals surface area contributed by atoms with E-state index in [0.29, 0.717) is 0 Å². The van der Waals surface area contributed by atoms with E-state index < -0.39 is 11.5 Å². The molecule has 120 valence electrons. The molecule has 0 radical (unpaired) electrons. The van der Waals surface area contributed by atoms with Crippen LogP contribution in [0.2, 0.25) is 0 Å². The number of hydrogen-bond donors (Lipinski definition) is 2. The molecule has 0 fully saturated rings. The number of carbonyl (C=O) groups is 2. The highest BCUT2D eigenvalue weighted by molar-refractivity contribution is 7.09. The zero-order chi connectivity index (χ0) is 16.9. The average Bonchev–Trinajstić information content (AvgIpc) is 3.08. The lowest BCUT2D eigenvalue weighted by Crippen LogP contribution is -2.42. The van der Waals surface area contributed by atoms with Crippen LogP contribution in [0.25, 0.3) is 6.08 Å². The van der Waals surface area contributed by atoms with Crippen LogP contribution in [0.1, 0.15) is 41.2 Å². The van der Waals surface area contributed by atoms with Gasteiger partial charge in [-0.1, -0.05) is 19.1 Å². The van der Waals surface area contributed by atoms with Crippen molar-refractivity contribution in [2.24, 2.45) is 0 Å². The smallest absolute Gasteiger partial charge is 0.335 e. The van der Waals surface area contributed by atoms with E-state index in [0.717, 1.165) is 17.0 Å². The molecule has 6 heteroatoms. The number of hydrogen-bond acceptors (Lipinski definition) is 4. The van der Waals surface area contributed by atoms with Gasteiger partial charge in [0.1, 0.15) is 5.01 Å². The molecule has 0 saturated carbocycles. The van der Waals surface area contributed by atoms with E-state index >= 15 is 0 Å². The number of aromatic nitrogens is 1. The first-order valence-electron chi connectivity index (χ1n) is 7.18. The zero-order valence-electron chi connectivity index (χ0n) is 12.9. The molecule has 1 heterocycles. The molecule has 1 atom stereocenters. The average molecular weight is 330 g/mol. The SMILES string of the molecule is CCC(C)(NC(=O)C=Cc1ccc(C(=O)O)cc1)c1nccs1. The molecule has 0 aliphatic carbocycles. The minimum atomic E-state index is -0.972. The van der Waals surface area contributed by atoms with E-state index in [4.69, 9.17) is 5.11 Å². The summed E-state index contributed by atoms with van der Waals surface area (Å²) in [6.07, 6.45) is 5.55. The lowest BCUT2D eigenvalue weighted by molar-refractivity contribution is -0.118. The van der Waals surface area contributed by atoms with Gasteiger partial charge in [-0.25, -0.2) is 9.78 Å². The van der Waals surface area contributed by atoms with Gasteiger partial charge in [0.2, 0.25) is 5.91 Å². The molecule has 0 spiro atoms. The predicted octanol–water partition coefficient (Wildman–Crippen LogP) is 3.30. The Morgan fingerprint density at radius 1 is 1.35 bits per heavy atom. The van der Waals surface area contributed by atoms with Crippen LogP contribution >= 0.6 is 11.3 Å². The van der Waals surface area contributed by atoms with Crippen LogP contribution in [0.3, 0.4) is 0 Å². The van der Waals surface area contributed by atoms with E-state index in [9.17, 15) is 9.59 Å². The monoisotopic (exact) mass is 330 g/mol. The zero-order valence-corrected chi connectivity index (χ0v) is 13.8. The predicted molar refractivity (Wildman–Crippen MR) is 90.3 cm³/mol. The van der Waals surface area contributed by atoms with Crippen LogP contribution in [0.5, 0.6) is 0 Å². The first-order valence-corrected chi connectivity index (χ1v) is 8.06. The highest BCUT2D eigenvalue weighted by Crippen LogP contribution is 2.26. The number of nitrogens with zero attached hydrogens (tertiary/aromatic N) is 1. The number of amides is 1. The van der Waals surface area contributed by atoms with Crippen molar-refractivity contribution in [2.75, 3.05) is 0 Å². The summed E-state index contributed by atoms with van der Waals surface area (Å²) in [7, 11) is 0. The van der Waals surface area contributed by atoms with Gasteiger partial charge in [-0.05, 0) is 37.1 Å². The Hall–Kier alpha value is -2.47. The molecule has 1 amide bonds. The molecule has 0 aliphatic rings. The van der Waals surface area contributed by atoms with Crippen molar-refractivity contribution in [1.82, 2.24) is 10.3 Å². The number of carbonyl (C=O) groups excluding carboxylic acids is 1. The third-order valence-corrected chi connectivity index (χ3v) is 4.63. The molecule has 0 saturated heterocycles. The van der Waals surface area contributed by atoms with E-state index in [1.54, 1.807) is 24.4 Å². The lowest BCUT2D eigenvalue weighted by Gasteiger charge is -2.26. The van der Waals surface area contributed by atoms with Gasteiger partial charge in [0.25, 0.3) is 0 Å². The number of rotatable bonds is 6. The van der Waals surface area contributed by atoms with Crippen molar-refractivity contribution in [3.8, 4) is 0 Å². The second-order valence-electron chi connectivity index (χ2n) is 5.27. The van der Waals surface area contributed by atoms with Gasteiger partial charge >= 0.3 is 5.97 Å². The molecule has 0 aliphatic heterocycles. The standard InChI is InChI=1S/C17H18N2O3S/c1-3-17(2,16-18-10-11-23-16)19-14(20)9-6-12-4-7-13(8-5-12)15(21)22/h4-11H,3H2,1-2H3,(H,19,20)(H,21,22). The van der Waals surface area contributed by atoms with Crippen LogP contribution in [-0.4, -0.2) is 22.0 Å². The first-order chi connectivity index (χ1) is 10.9. The molecule has 0 bridgehead atoms. The molecule has 23 heavy (non-hydrogen) atoms. The van der Waals surface area contributed by atoms with Crippen molar-refractivity contribution in [1.29, 1.82) is 0 Å². The van der Waals surface area contributed by atoms with E-state index in [2.05, 4.69) is 10.3 Å². The third kappa shape index (κ3) is 4.26. The summed E-state index contributed by atoms with van der Waals surface area (Å²) in [5.41, 5.74) is 0.481. The normalized spacial score (nSPS) is 13.7. The van der Waals surface area contributed by atoms with Crippen molar-refractivity contribution < 1.29 is 14.7 Å². The Morgan fingerprint density at radius 2 is 2.04 bits per heavy atom. The number of thiazole rings is 1. The molecule has 2 N–H and O–H groups in total. The molecule has 2 aromatic rings. The summed E-state index contributed by atoms with van der Waals surface area (Å²) in [6.45, 7) is 3.94. The van der Waals surface area contributed by atoms with Crippen molar-refractivity contribution in [3.63, 3.8) is 0 Å². The molecule has 2 rings (SSSR count). The Morgan fingerprint density at radius 3 is 2.57 bits per heavy atom. The number of aromatic carboxylic acids is 1. The van der Waals surface area contributed by atoms with Crippen LogP contribution < -0.4 is 5.32 Å². The number of benzene rings is 1. The maximum atomic E-state index is 12.1. The fourth-order valence-electron chi connectivity index (χ4n) is 2.01. The highest BCUT2D eigenvalue weighted by atomic mass is 32.1. The Bertz CT molecular complexity index is 708. The van der Waals surface area contributed by atoms with Gasteiger partial charge < -0.3 is 10.4 Å². The van der Waals surface area contributed by atoms with Crippen molar-refractivity contribution >= 4 is 29.3 Å². The number of carboxylic acids is 1. The third-order valence-electron chi connectivity index (χ3n) is 3.60. The lowest BCUT2D eigenvalue weighted by atomic mass is 10.00. The number of carboxylic acid groups (broad SMARTS) is 1. The summed E-state index contributed by atoms with van der Waals surface area (Å²) in [5, 5.41) is 14.6. The van der Waals surface area contributed by atoms with Gasteiger partial charge in [0.15, 0.2) is 0 Å². The van der Waals surface area contributed by atoms with E-state index in [-0.39, 0.29) is 11.5 Å². The molecule has 1 aromatic carbocycles. The molecule has 5 nitrogen and oxygen atoms in total. The summed E-state index contributed by atoms with van der Waals surface area (Å²) >= 11 is 1.51. The maximum absolute atomic E-state index is 12.1. The minimum absolute atomic E-state index is 0.216. The molecular weight excluding hydrogens is 312 g/mol. The fourth-order valence-corrected chi connectivity index (χ4v) is 2.84. The van der Waals surface area contributed by atoms with Gasteiger partial charge in [-0.3, -0.25) is 4.79 Å².